The van der Waals surface area contributed by atoms with Crippen LogP contribution in [0.25, 0.3) is 21.8 Å². The van der Waals surface area contributed by atoms with E-state index in [9.17, 15) is 9.90 Å². The molecule has 3 aromatic carbocycles. The summed E-state index contributed by atoms with van der Waals surface area (Å²) in [7, 11) is 0. The summed E-state index contributed by atoms with van der Waals surface area (Å²) in [6, 6.07) is 20.2. The van der Waals surface area contributed by atoms with Gasteiger partial charge in [-0.15, -0.1) is 0 Å². The second kappa shape index (κ2) is 10.1. The molecule has 1 atom stereocenters. The number of aromatic nitrogens is 1. The summed E-state index contributed by atoms with van der Waals surface area (Å²) in [6.07, 6.45) is -0.502. The molecule has 4 rings (SSSR count). The second-order valence-corrected chi connectivity index (χ2v) is 9.28. The number of hydrogen-bond acceptors (Lipinski definition) is 3. The lowest BCUT2D eigenvalue weighted by Crippen LogP contribution is -2.26. The zero-order chi connectivity index (χ0) is 22.7. The van der Waals surface area contributed by atoms with Gasteiger partial charge < -0.3 is 19.1 Å². The van der Waals surface area contributed by atoms with E-state index in [0.717, 1.165) is 31.3 Å². The zero-order valence-corrected chi connectivity index (χ0v) is 20.7. The van der Waals surface area contributed by atoms with Crippen LogP contribution in [0, 0.1) is 0 Å². The molecule has 0 saturated carbocycles. The van der Waals surface area contributed by atoms with Crippen molar-refractivity contribution in [2.45, 2.75) is 26.0 Å². The number of benzene rings is 3. The Morgan fingerprint density at radius 2 is 1.56 bits per heavy atom. The number of rotatable bonds is 9. The summed E-state index contributed by atoms with van der Waals surface area (Å²) in [4.78, 5) is 11.3. The molecule has 4 aromatic rings. The Bertz CT molecular complexity index is 1190. The first-order chi connectivity index (χ1) is 15.5. The van der Waals surface area contributed by atoms with Crippen LogP contribution in [-0.4, -0.2) is 35.0 Å². The quantitative estimate of drug-likeness (QED) is 0.256. The van der Waals surface area contributed by atoms with Crippen LogP contribution in [0.2, 0.25) is 0 Å². The van der Waals surface area contributed by atoms with Crippen LogP contribution in [0.4, 0.5) is 0 Å². The van der Waals surface area contributed by atoms with E-state index in [0.29, 0.717) is 26.2 Å². The molecule has 7 heteroatoms. The van der Waals surface area contributed by atoms with Gasteiger partial charge in [-0.05, 0) is 61.0 Å². The predicted octanol–water partition coefficient (Wildman–Crippen LogP) is 6.43. The number of carboxylic acids is 1. The fourth-order valence-corrected chi connectivity index (χ4v) is 4.62. The van der Waals surface area contributed by atoms with Crippen molar-refractivity contribution in [2.75, 3.05) is 13.2 Å². The molecule has 0 fully saturated rings. The SMILES string of the molecule is CCO[C@@H](Cc1ccc(OCCn2c3ccc(Br)cc3c3cc(Br)ccc32)cc1)C(=O)O. The monoisotopic (exact) mass is 559 g/mol. The third-order valence-corrected chi connectivity index (χ3v) is 6.35. The number of nitrogens with zero attached hydrogens (tertiary/aromatic N) is 1. The number of aliphatic carboxylic acids is 1. The zero-order valence-electron chi connectivity index (χ0n) is 17.6. The van der Waals surface area contributed by atoms with Gasteiger partial charge in [0.05, 0.1) is 6.54 Å². The van der Waals surface area contributed by atoms with E-state index in [-0.39, 0.29) is 0 Å². The van der Waals surface area contributed by atoms with Crippen LogP contribution in [0.1, 0.15) is 12.5 Å². The summed E-state index contributed by atoms with van der Waals surface area (Å²) in [5, 5.41) is 11.6. The van der Waals surface area contributed by atoms with E-state index in [2.05, 4.69) is 72.8 Å². The highest BCUT2D eigenvalue weighted by Crippen LogP contribution is 2.33. The van der Waals surface area contributed by atoms with E-state index >= 15 is 0 Å². The highest BCUT2D eigenvalue weighted by molar-refractivity contribution is 9.10. The maximum Gasteiger partial charge on any atom is 0.333 e. The van der Waals surface area contributed by atoms with Gasteiger partial charge in [-0.1, -0.05) is 44.0 Å². The van der Waals surface area contributed by atoms with Gasteiger partial charge >= 0.3 is 5.97 Å². The Labute approximate surface area is 203 Å². The first kappa shape index (κ1) is 22.8. The molecule has 0 radical (unpaired) electrons. The molecule has 5 nitrogen and oxygen atoms in total. The summed E-state index contributed by atoms with van der Waals surface area (Å²) in [5.41, 5.74) is 3.23. The number of carboxylic acid groups (broad SMARTS) is 1. The maximum absolute atomic E-state index is 11.3. The Kier molecular flexibility index (Phi) is 7.18. The lowest BCUT2D eigenvalue weighted by atomic mass is 10.1. The van der Waals surface area contributed by atoms with Crippen molar-refractivity contribution in [3.05, 3.63) is 75.2 Å². The van der Waals surface area contributed by atoms with Gasteiger partial charge in [-0.2, -0.15) is 0 Å². The van der Waals surface area contributed by atoms with Crippen molar-refractivity contribution in [2.24, 2.45) is 0 Å². The van der Waals surface area contributed by atoms with Gasteiger partial charge in [0.1, 0.15) is 12.4 Å². The summed E-state index contributed by atoms with van der Waals surface area (Å²) in [5.74, 6) is -0.194. The van der Waals surface area contributed by atoms with Gasteiger partial charge in [0.15, 0.2) is 6.10 Å². The molecule has 0 amide bonds. The number of fused-ring (bicyclic) bond motifs is 3. The lowest BCUT2D eigenvalue weighted by molar-refractivity contribution is -0.149. The van der Waals surface area contributed by atoms with Crippen LogP contribution >= 0.6 is 31.9 Å². The van der Waals surface area contributed by atoms with E-state index in [4.69, 9.17) is 9.47 Å². The summed E-state index contributed by atoms with van der Waals surface area (Å²) < 4.78 is 15.7. The molecule has 1 aromatic heterocycles. The molecular weight excluding hydrogens is 538 g/mol. The normalized spacial score (nSPS) is 12.3. The van der Waals surface area contributed by atoms with Crippen molar-refractivity contribution in [3.8, 4) is 5.75 Å². The van der Waals surface area contributed by atoms with Gasteiger partial charge in [0.25, 0.3) is 0 Å². The van der Waals surface area contributed by atoms with Crippen LogP contribution in [0.3, 0.4) is 0 Å². The second-order valence-electron chi connectivity index (χ2n) is 7.45. The Morgan fingerprint density at radius 3 is 2.09 bits per heavy atom. The molecule has 0 aliphatic heterocycles. The Hall–Kier alpha value is -2.35. The van der Waals surface area contributed by atoms with Crippen molar-refractivity contribution in [3.63, 3.8) is 0 Å². The maximum atomic E-state index is 11.3. The molecule has 0 bridgehead atoms. The number of hydrogen-bond donors (Lipinski definition) is 1. The fourth-order valence-electron chi connectivity index (χ4n) is 3.90. The lowest BCUT2D eigenvalue weighted by Gasteiger charge is -2.13. The average Bonchev–Trinajstić information content (AvgIpc) is 3.06. The van der Waals surface area contributed by atoms with Crippen molar-refractivity contribution in [1.82, 2.24) is 4.57 Å². The number of halogens is 2. The van der Waals surface area contributed by atoms with Crippen LogP contribution in [-0.2, 0) is 22.5 Å². The van der Waals surface area contributed by atoms with Crippen molar-refractivity contribution < 1.29 is 19.4 Å². The smallest absolute Gasteiger partial charge is 0.333 e. The number of carbonyl (C=O) groups is 1. The summed E-state index contributed by atoms with van der Waals surface area (Å²) >= 11 is 7.16. The van der Waals surface area contributed by atoms with E-state index in [1.807, 2.05) is 24.3 Å². The van der Waals surface area contributed by atoms with E-state index < -0.39 is 12.1 Å². The molecule has 32 heavy (non-hydrogen) atoms. The molecule has 0 aliphatic rings. The van der Waals surface area contributed by atoms with Gasteiger partial charge in [0.2, 0.25) is 0 Å². The molecule has 1 heterocycles. The number of ether oxygens (including phenoxy) is 2. The van der Waals surface area contributed by atoms with Crippen molar-refractivity contribution >= 4 is 59.6 Å². The molecule has 166 valence electrons. The van der Waals surface area contributed by atoms with Gasteiger partial charge in [-0.25, -0.2) is 4.79 Å². The molecule has 0 saturated heterocycles. The van der Waals surface area contributed by atoms with Crippen LogP contribution in [0.5, 0.6) is 5.75 Å². The standard InChI is InChI=1S/C25H23Br2NO4/c1-2-31-24(25(29)30)13-16-3-7-19(8-4-16)32-12-11-28-22-9-5-17(26)14-20(22)21-15-18(27)6-10-23(21)28/h3-10,14-15,24H,2,11-13H2,1H3,(H,29,30)/t24-/m0/s1. The average molecular weight is 561 g/mol. The van der Waals surface area contributed by atoms with Gasteiger partial charge in [-0.3, -0.25) is 0 Å². The van der Waals surface area contributed by atoms with E-state index in [1.54, 1.807) is 6.92 Å². The molecule has 1 N–H and O–H groups in total. The Morgan fingerprint density at radius 1 is 0.969 bits per heavy atom. The fraction of sp³-hybridized carbons (Fsp3) is 0.240. The highest BCUT2D eigenvalue weighted by Gasteiger charge is 2.18. The van der Waals surface area contributed by atoms with Crippen LogP contribution in [0.15, 0.2) is 69.6 Å². The minimum absolute atomic E-state index is 0.329. The first-order valence-electron chi connectivity index (χ1n) is 10.4. The largest absolute Gasteiger partial charge is 0.492 e. The minimum Gasteiger partial charge on any atom is -0.492 e. The topological polar surface area (TPSA) is 60.7 Å². The predicted molar refractivity (Wildman–Crippen MR) is 134 cm³/mol. The Balaban J connectivity index is 1.47. The first-order valence-corrected chi connectivity index (χ1v) is 12.0. The van der Waals surface area contributed by atoms with Crippen molar-refractivity contribution in [1.29, 1.82) is 0 Å². The molecule has 0 spiro atoms. The molecular formula is C25H23Br2NO4. The molecule has 0 aliphatic carbocycles. The third kappa shape index (κ3) is 5.00. The minimum atomic E-state index is -0.947. The van der Waals surface area contributed by atoms with Gasteiger partial charge in [0, 0.05) is 43.8 Å². The summed E-state index contributed by atoms with van der Waals surface area (Å²) in [6.45, 7) is 3.38. The van der Waals surface area contributed by atoms with Crippen LogP contribution < -0.4 is 4.74 Å². The molecule has 0 unspecified atom stereocenters. The third-order valence-electron chi connectivity index (χ3n) is 5.36. The van der Waals surface area contributed by atoms with E-state index in [1.165, 1.54) is 10.8 Å². The highest BCUT2D eigenvalue weighted by atomic mass is 79.9.